The summed E-state index contributed by atoms with van der Waals surface area (Å²) in [5.41, 5.74) is 4.43. The van der Waals surface area contributed by atoms with Crippen molar-refractivity contribution in [3.63, 3.8) is 0 Å². The molecule has 1 aliphatic heterocycles. The molecule has 0 saturated carbocycles. The number of methoxy groups -OCH3 is 1. The van der Waals surface area contributed by atoms with Gasteiger partial charge in [-0.2, -0.15) is 5.10 Å². The fourth-order valence-corrected chi connectivity index (χ4v) is 3.78. The van der Waals surface area contributed by atoms with Gasteiger partial charge >= 0.3 is 0 Å². The number of hydrogen-bond acceptors (Lipinski definition) is 4. The third-order valence-corrected chi connectivity index (χ3v) is 5.18. The lowest BCUT2D eigenvalue weighted by Gasteiger charge is -2.17. The summed E-state index contributed by atoms with van der Waals surface area (Å²) in [6.07, 6.45) is 4.88. The van der Waals surface area contributed by atoms with Gasteiger partial charge in [-0.15, -0.1) is 0 Å². The Kier molecular flexibility index (Phi) is 5.48. The van der Waals surface area contributed by atoms with Crippen molar-refractivity contribution in [2.75, 3.05) is 26.8 Å². The summed E-state index contributed by atoms with van der Waals surface area (Å²) in [4.78, 5) is 18.8. The lowest BCUT2D eigenvalue weighted by Crippen LogP contribution is -2.29. The number of H-pyrrole nitrogens is 1. The summed E-state index contributed by atoms with van der Waals surface area (Å²) in [5.74, 6) is 0.843. The Bertz CT molecular complexity index is 694. The molecule has 6 heteroatoms. The number of aromatic amines is 1. The van der Waals surface area contributed by atoms with E-state index in [0.717, 1.165) is 36.5 Å². The van der Waals surface area contributed by atoms with Crippen molar-refractivity contribution in [3.05, 3.63) is 47.0 Å². The summed E-state index contributed by atoms with van der Waals surface area (Å²) in [7, 11) is 1.72. The summed E-state index contributed by atoms with van der Waals surface area (Å²) in [6, 6.07) is 4.08. The predicted molar refractivity (Wildman–Crippen MR) is 95.3 cm³/mol. The monoisotopic (exact) mass is 342 g/mol. The van der Waals surface area contributed by atoms with Crippen LogP contribution in [0.5, 0.6) is 0 Å². The first kappa shape index (κ1) is 17.6. The SMILES string of the molecule is COC[C@@H]1CN(C(=O)CCc2c(C)n[nH]c2C)C[C@H]1c1ccncc1. The molecule has 0 aromatic carbocycles. The van der Waals surface area contributed by atoms with Crippen molar-refractivity contribution >= 4 is 5.91 Å². The second-order valence-electron chi connectivity index (χ2n) is 6.81. The lowest BCUT2D eigenvalue weighted by molar-refractivity contribution is -0.130. The van der Waals surface area contributed by atoms with Crippen molar-refractivity contribution in [1.82, 2.24) is 20.1 Å². The average Bonchev–Trinajstić information content (AvgIpc) is 3.18. The highest BCUT2D eigenvalue weighted by atomic mass is 16.5. The van der Waals surface area contributed by atoms with Crippen LogP contribution in [0.3, 0.4) is 0 Å². The molecule has 0 radical (unpaired) electrons. The fraction of sp³-hybridized carbons (Fsp3) is 0.526. The number of nitrogens with zero attached hydrogens (tertiary/aromatic N) is 3. The van der Waals surface area contributed by atoms with E-state index in [-0.39, 0.29) is 5.91 Å². The number of pyridine rings is 1. The normalized spacial score (nSPS) is 20.2. The number of nitrogens with one attached hydrogen (secondary N) is 1. The van der Waals surface area contributed by atoms with Crippen LogP contribution in [0.2, 0.25) is 0 Å². The standard InChI is InChI=1S/C19H26N4O2/c1-13-17(14(2)22-21-13)4-5-19(24)23-10-16(12-25-3)18(11-23)15-6-8-20-9-7-15/h6-9,16,18H,4-5,10-12H2,1-3H3,(H,21,22)/t16-,18-/m0/s1. The minimum absolute atomic E-state index is 0.206. The Morgan fingerprint density at radius 1 is 1.32 bits per heavy atom. The van der Waals surface area contributed by atoms with Gasteiger partial charge in [-0.25, -0.2) is 0 Å². The number of likely N-dealkylation sites (tertiary alicyclic amines) is 1. The highest BCUT2D eigenvalue weighted by Gasteiger charge is 2.35. The molecule has 1 N–H and O–H groups in total. The third kappa shape index (κ3) is 3.90. The van der Waals surface area contributed by atoms with Gasteiger partial charge in [0.25, 0.3) is 0 Å². The Balaban J connectivity index is 1.65. The minimum atomic E-state index is 0.206. The maximum atomic E-state index is 12.7. The first-order chi connectivity index (χ1) is 12.1. The molecule has 3 heterocycles. The molecule has 2 atom stereocenters. The Labute approximate surface area is 148 Å². The lowest BCUT2D eigenvalue weighted by atomic mass is 9.90. The molecule has 134 valence electrons. The Hall–Kier alpha value is -2.21. The van der Waals surface area contributed by atoms with E-state index < -0.39 is 0 Å². The van der Waals surface area contributed by atoms with Crippen molar-refractivity contribution in [2.45, 2.75) is 32.6 Å². The molecule has 1 amide bonds. The van der Waals surface area contributed by atoms with Crippen molar-refractivity contribution in [3.8, 4) is 0 Å². The molecule has 1 saturated heterocycles. The zero-order valence-corrected chi connectivity index (χ0v) is 15.2. The molecule has 25 heavy (non-hydrogen) atoms. The maximum absolute atomic E-state index is 12.7. The number of aromatic nitrogens is 3. The summed E-state index contributed by atoms with van der Waals surface area (Å²) < 4.78 is 5.39. The van der Waals surface area contributed by atoms with Crippen LogP contribution in [-0.2, 0) is 16.0 Å². The number of aryl methyl sites for hydroxylation is 2. The number of hydrogen-bond donors (Lipinski definition) is 1. The van der Waals surface area contributed by atoms with E-state index >= 15 is 0 Å². The average molecular weight is 342 g/mol. The fourth-order valence-electron chi connectivity index (χ4n) is 3.78. The molecule has 2 aromatic rings. The molecule has 3 rings (SSSR count). The van der Waals surface area contributed by atoms with Crippen molar-refractivity contribution in [1.29, 1.82) is 0 Å². The molecule has 0 spiro atoms. The number of carbonyl (C=O) groups is 1. The molecule has 0 aliphatic carbocycles. The molecule has 0 unspecified atom stereocenters. The molecule has 6 nitrogen and oxygen atoms in total. The van der Waals surface area contributed by atoms with Crippen LogP contribution in [-0.4, -0.2) is 52.8 Å². The molecule has 2 aromatic heterocycles. The van der Waals surface area contributed by atoms with Gasteiger partial charge in [-0.1, -0.05) is 0 Å². The van der Waals surface area contributed by atoms with Crippen LogP contribution in [0, 0.1) is 19.8 Å². The minimum Gasteiger partial charge on any atom is -0.384 e. The van der Waals surface area contributed by atoms with E-state index in [2.05, 4.69) is 15.2 Å². The van der Waals surface area contributed by atoms with E-state index in [1.165, 1.54) is 5.56 Å². The molecule has 1 aliphatic rings. The van der Waals surface area contributed by atoms with E-state index in [1.54, 1.807) is 7.11 Å². The van der Waals surface area contributed by atoms with Gasteiger partial charge in [-0.05, 0) is 43.5 Å². The van der Waals surface area contributed by atoms with Gasteiger partial charge in [0.05, 0.1) is 12.3 Å². The third-order valence-electron chi connectivity index (χ3n) is 5.18. The van der Waals surface area contributed by atoms with E-state index in [4.69, 9.17) is 4.74 Å². The second kappa shape index (κ2) is 7.78. The number of rotatable bonds is 6. The topological polar surface area (TPSA) is 71.1 Å². The van der Waals surface area contributed by atoms with Crippen LogP contribution in [0.25, 0.3) is 0 Å². The van der Waals surface area contributed by atoms with Crippen LogP contribution in [0.1, 0.15) is 34.9 Å². The molecule has 0 bridgehead atoms. The molecule has 1 fully saturated rings. The first-order valence-electron chi connectivity index (χ1n) is 8.77. The van der Waals surface area contributed by atoms with Gasteiger partial charge in [-0.3, -0.25) is 14.9 Å². The maximum Gasteiger partial charge on any atom is 0.222 e. The number of ether oxygens (including phenoxy) is 1. The Morgan fingerprint density at radius 3 is 2.72 bits per heavy atom. The predicted octanol–water partition coefficient (Wildman–Crippen LogP) is 2.24. The van der Waals surface area contributed by atoms with E-state index in [9.17, 15) is 4.79 Å². The van der Waals surface area contributed by atoms with Gasteiger partial charge in [0.2, 0.25) is 5.91 Å². The molecular formula is C19H26N4O2. The van der Waals surface area contributed by atoms with Crippen LogP contribution >= 0.6 is 0 Å². The van der Waals surface area contributed by atoms with E-state index in [0.29, 0.717) is 24.9 Å². The van der Waals surface area contributed by atoms with Crippen molar-refractivity contribution < 1.29 is 9.53 Å². The van der Waals surface area contributed by atoms with Crippen LogP contribution < -0.4 is 0 Å². The van der Waals surface area contributed by atoms with Gasteiger partial charge in [0, 0.05) is 56.5 Å². The summed E-state index contributed by atoms with van der Waals surface area (Å²) in [6.45, 7) is 6.15. The first-order valence-corrected chi connectivity index (χ1v) is 8.77. The second-order valence-corrected chi connectivity index (χ2v) is 6.81. The Morgan fingerprint density at radius 2 is 2.08 bits per heavy atom. The summed E-state index contributed by atoms with van der Waals surface area (Å²) >= 11 is 0. The number of amides is 1. The summed E-state index contributed by atoms with van der Waals surface area (Å²) in [5, 5.41) is 7.19. The van der Waals surface area contributed by atoms with Gasteiger partial charge in [0.1, 0.15) is 0 Å². The zero-order chi connectivity index (χ0) is 17.8. The zero-order valence-electron chi connectivity index (χ0n) is 15.2. The molecular weight excluding hydrogens is 316 g/mol. The number of carbonyl (C=O) groups excluding carboxylic acids is 1. The van der Waals surface area contributed by atoms with Crippen molar-refractivity contribution in [2.24, 2.45) is 5.92 Å². The van der Waals surface area contributed by atoms with E-state index in [1.807, 2.05) is 43.3 Å². The van der Waals surface area contributed by atoms with Crippen LogP contribution in [0.15, 0.2) is 24.5 Å². The largest absolute Gasteiger partial charge is 0.384 e. The van der Waals surface area contributed by atoms with Crippen LogP contribution in [0.4, 0.5) is 0 Å². The quantitative estimate of drug-likeness (QED) is 0.874. The smallest absolute Gasteiger partial charge is 0.222 e. The highest BCUT2D eigenvalue weighted by molar-refractivity contribution is 5.77. The van der Waals surface area contributed by atoms with Gasteiger partial charge in [0.15, 0.2) is 0 Å². The van der Waals surface area contributed by atoms with Gasteiger partial charge < -0.3 is 9.64 Å². The highest BCUT2D eigenvalue weighted by Crippen LogP contribution is 2.33.